The number of ether oxygens (including phenoxy) is 1. The van der Waals surface area contributed by atoms with Gasteiger partial charge >= 0.3 is 5.97 Å². The maximum absolute atomic E-state index is 11.4. The van der Waals surface area contributed by atoms with Crippen molar-refractivity contribution in [3.63, 3.8) is 0 Å². The van der Waals surface area contributed by atoms with Gasteiger partial charge in [-0.25, -0.2) is 4.98 Å². The zero-order valence-corrected chi connectivity index (χ0v) is 20.3. The van der Waals surface area contributed by atoms with E-state index < -0.39 is 5.97 Å². The number of aromatic nitrogens is 6. The summed E-state index contributed by atoms with van der Waals surface area (Å²) in [5.74, 6) is 0.656. The molecule has 5 rings (SSSR count). The lowest BCUT2D eigenvalue weighted by Gasteiger charge is -2.27. The number of nitrogens with zero attached hydrogens (tertiary/aromatic N) is 6. The van der Waals surface area contributed by atoms with Gasteiger partial charge in [0, 0.05) is 7.05 Å². The summed E-state index contributed by atoms with van der Waals surface area (Å²) < 4.78 is 13.3. The number of aryl methyl sites for hydroxylation is 2. The molecule has 1 N–H and O–H groups in total. The lowest BCUT2D eigenvalue weighted by molar-refractivity contribution is -0.143. The maximum atomic E-state index is 11.4. The molecule has 4 aromatic rings. The van der Waals surface area contributed by atoms with E-state index in [4.69, 9.17) is 14.2 Å². The fourth-order valence-electron chi connectivity index (χ4n) is 4.59. The number of hydrogen-bond donors (Lipinski definition) is 1. The molecule has 1 aliphatic rings. The highest BCUT2D eigenvalue weighted by Crippen LogP contribution is 2.30. The van der Waals surface area contributed by atoms with E-state index in [1.54, 1.807) is 4.68 Å². The second-order valence-electron chi connectivity index (χ2n) is 9.17. The first-order valence-corrected chi connectivity index (χ1v) is 12.1. The molecule has 0 aliphatic heterocycles. The molecule has 10 nitrogen and oxygen atoms in total. The van der Waals surface area contributed by atoms with Crippen LogP contribution in [0.25, 0.3) is 11.4 Å². The van der Waals surface area contributed by atoms with Crippen LogP contribution in [0.1, 0.15) is 54.3 Å². The van der Waals surface area contributed by atoms with E-state index in [1.807, 2.05) is 56.4 Å². The van der Waals surface area contributed by atoms with Crippen LogP contribution in [-0.2, 0) is 24.7 Å². The molecule has 1 fully saturated rings. The molecule has 3 heterocycles. The highest BCUT2D eigenvalue weighted by molar-refractivity contribution is 5.70. The van der Waals surface area contributed by atoms with Crippen molar-refractivity contribution in [3.05, 3.63) is 71.1 Å². The lowest BCUT2D eigenvalue weighted by atomic mass is 9.87. The maximum Gasteiger partial charge on any atom is 0.306 e. The van der Waals surface area contributed by atoms with Crippen LogP contribution in [0.2, 0.25) is 0 Å². The number of carbonyl (C=O) groups is 1. The number of hydrogen-bond acceptors (Lipinski definition) is 8. The molecule has 36 heavy (non-hydrogen) atoms. The van der Waals surface area contributed by atoms with Gasteiger partial charge in [-0.2, -0.15) is 4.98 Å². The topological polar surface area (TPSA) is 129 Å². The van der Waals surface area contributed by atoms with Crippen LogP contribution in [0.4, 0.5) is 0 Å². The summed E-state index contributed by atoms with van der Waals surface area (Å²) in [6.07, 6.45) is 3.75. The molecular formula is C26H28N6O4. The largest absolute Gasteiger partial charge is 0.489 e. The third-order valence-corrected chi connectivity index (χ3v) is 6.53. The number of benzene rings is 1. The predicted octanol–water partition coefficient (Wildman–Crippen LogP) is 3.77. The van der Waals surface area contributed by atoms with Gasteiger partial charge in [0.2, 0.25) is 5.89 Å². The highest BCUT2D eigenvalue weighted by atomic mass is 16.5. The summed E-state index contributed by atoms with van der Waals surface area (Å²) in [4.78, 5) is 20.6. The average molecular weight is 489 g/mol. The van der Waals surface area contributed by atoms with E-state index in [9.17, 15) is 9.90 Å². The van der Waals surface area contributed by atoms with Gasteiger partial charge in [-0.15, -0.1) is 5.10 Å². The van der Waals surface area contributed by atoms with E-state index in [-0.39, 0.29) is 12.0 Å². The fraction of sp³-hybridized carbons (Fsp3) is 0.385. The SMILES string of the molecule is Cc1nc(-c2nnn(C)c2Cc2noc(Cc3ccccc3)n2)ccc1O[C@H]1CCC[C@H](C(=O)O)C1. The lowest BCUT2D eigenvalue weighted by Crippen LogP contribution is -2.29. The van der Waals surface area contributed by atoms with Crippen LogP contribution < -0.4 is 4.74 Å². The normalized spacial score (nSPS) is 17.7. The number of carboxylic acid groups (broad SMARTS) is 1. The van der Waals surface area contributed by atoms with E-state index in [0.717, 1.165) is 24.1 Å². The summed E-state index contributed by atoms with van der Waals surface area (Å²) in [5.41, 5.74) is 3.95. The van der Waals surface area contributed by atoms with Gasteiger partial charge in [-0.3, -0.25) is 9.48 Å². The van der Waals surface area contributed by atoms with Crippen molar-refractivity contribution in [2.45, 2.75) is 51.6 Å². The Morgan fingerprint density at radius 2 is 1.97 bits per heavy atom. The van der Waals surface area contributed by atoms with Crippen molar-refractivity contribution in [2.75, 3.05) is 0 Å². The van der Waals surface area contributed by atoms with Gasteiger partial charge in [-0.05, 0) is 50.3 Å². The van der Waals surface area contributed by atoms with Crippen LogP contribution in [-0.4, -0.2) is 47.3 Å². The van der Waals surface area contributed by atoms with E-state index >= 15 is 0 Å². The molecule has 1 aromatic carbocycles. The molecule has 1 aliphatic carbocycles. The molecule has 0 spiro atoms. The molecule has 0 unspecified atom stereocenters. The molecule has 1 saturated carbocycles. The third-order valence-electron chi connectivity index (χ3n) is 6.53. The summed E-state index contributed by atoms with van der Waals surface area (Å²) in [7, 11) is 1.82. The molecule has 186 valence electrons. The van der Waals surface area contributed by atoms with Gasteiger partial charge in [0.25, 0.3) is 0 Å². The average Bonchev–Trinajstić information content (AvgIpc) is 3.47. The Kier molecular flexibility index (Phi) is 6.75. The first kappa shape index (κ1) is 23.7. The Balaban J connectivity index is 1.30. The highest BCUT2D eigenvalue weighted by Gasteiger charge is 2.28. The number of pyridine rings is 1. The summed E-state index contributed by atoms with van der Waals surface area (Å²) >= 11 is 0. The molecule has 3 aromatic heterocycles. The van der Waals surface area contributed by atoms with Crippen LogP contribution in [0.3, 0.4) is 0 Å². The monoisotopic (exact) mass is 488 g/mol. The molecule has 10 heteroatoms. The quantitative estimate of drug-likeness (QED) is 0.394. The van der Waals surface area contributed by atoms with Crippen LogP contribution >= 0.6 is 0 Å². The van der Waals surface area contributed by atoms with Crippen molar-refractivity contribution in [3.8, 4) is 17.1 Å². The Morgan fingerprint density at radius 1 is 1.14 bits per heavy atom. The summed E-state index contributed by atoms with van der Waals surface area (Å²) in [6.45, 7) is 1.88. The Morgan fingerprint density at radius 3 is 2.75 bits per heavy atom. The second kappa shape index (κ2) is 10.3. The van der Waals surface area contributed by atoms with Gasteiger partial charge in [0.1, 0.15) is 11.4 Å². The molecule has 0 bridgehead atoms. The minimum Gasteiger partial charge on any atom is -0.489 e. The zero-order valence-electron chi connectivity index (χ0n) is 20.3. The first-order valence-electron chi connectivity index (χ1n) is 12.1. The Labute approximate surface area is 208 Å². The molecule has 0 amide bonds. The van der Waals surface area contributed by atoms with E-state index in [1.165, 1.54) is 0 Å². The number of aliphatic carboxylic acids is 1. The predicted molar refractivity (Wildman–Crippen MR) is 129 cm³/mol. The van der Waals surface area contributed by atoms with Gasteiger partial charge in [0.15, 0.2) is 5.82 Å². The van der Waals surface area contributed by atoms with Gasteiger partial charge < -0.3 is 14.4 Å². The fourth-order valence-corrected chi connectivity index (χ4v) is 4.59. The smallest absolute Gasteiger partial charge is 0.306 e. The molecular weight excluding hydrogens is 460 g/mol. The number of carboxylic acids is 1. The van der Waals surface area contributed by atoms with Crippen LogP contribution in [0.5, 0.6) is 5.75 Å². The molecule has 2 atom stereocenters. The van der Waals surface area contributed by atoms with Crippen molar-refractivity contribution in [1.29, 1.82) is 0 Å². The molecule has 0 radical (unpaired) electrons. The van der Waals surface area contributed by atoms with Crippen LogP contribution in [0, 0.1) is 12.8 Å². The van der Waals surface area contributed by atoms with Gasteiger partial charge in [0.05, 0.1) is 41.9 Å². The summed E-state index contributed by atoms with van der Waals surface area (Å²) in [5, 5.41) is 22.0. The van der Waals surface area contributed by atoms with E-state index in [2.05, 4.69) is 20.5 Å². The van der Waals surface area contributed by atoms with Crippen molar-refractivity contribution >= 4 is 5.97 Å². The van der Waals surface area contributed by atoms with E-state index in [0.29, 0.717) is 60.2 Å². The van der Waals surface area contributed by atoms with Gasteiger partial charge in [-0.1, -0.05) is 40.7 Å². The zero-order chi connectivity index (χ0) is 25.1. The van der Waals surface area contributed by atoms with Crippen LogP contribution in [0.15, 0.2) is 47.0 Å². The Hall–Kier alpha value is -4.08. The second-order valence-corrected chi connectivity index (χ2v) is 9.17. The Bertz CT molecular complexity index is 1350. The standard InChI is InChI=1S/C26H28N6O4/c1-16-22(35-19-10-6-9-18(14-19)26(33)34)12-11-20(27-16)25-21(32(2)31-29-25)15-23-28-24(36-30-23)13-17-7-4-3-5-8-17/h3-5,7-8,11-12,18-19H,6,9-10,13-15H2,1-2H3,(H,33,34)/t18-,19-/m0/s1. The van der Waals surface area contributed by atoms with Crippen molar-refractivity contribution < 1.29 is 19.2 Å². The van der Waals surface area contributed by atoms with Crippen molar-refractivity contribution in [1.82, 2.24) is 30.1 Å². The summed E-state index contributed by atoms with van der Waals surface area (Å²) in [6, 6.07) is 13.7. The molecule has 0 saturated heterocycles. The van der Waals surface area contributed by atoms with Crippen molar-refractivity contribution in [2.24, 2.45) is 13.0 Å². The third kappa shape index (κ3) is 5.27. The first-order chi connectivity index (χ1) is 17.5. The minimum absolute atomic E-state index is 0.124. The number of rotatable bonds is 8. The minimum atomic E-state index is -0.752.